The molecule has 0 saturated carbocycles. The van der Waals surface area contributed by atoms with Gasteiger partial charge in [0.25, 0.3) is 0 Å². The fraction of sp³-hybridized carbons (Fsp3) is 0.179. The molecule has 0 amide bonds. The van der Waals surface area contributed by atoms with Crippen LogP contribution in [-0.4, -0.2) is 33.8 Å². The Morgan fingerprint density at radius 3 is 2.20 bits per heavy atom. The number of carbonyl (C=O) groups excluding carboxylic acids is 2. The van der Waals surface area contributed by atoms with Crippen molar-refractivity contribution in [2.24, 2.45) is 5.92 Å². The van der Waals surface area contributed by atoms with Gasteiger partial charge in [-0.3, -0.25) is 9.59 Å². The fourth-order valence-corrected chi connectivity index (χ4v) is 3.70. The minimum absolute atomic E-state index is 0.0104. The standard InChI is InChI=1S/C28H25NO6/c1-18(2)27(31)25-16-29(26-13-8-19(28(32)33)14-24(25)26)15-20(30)17-34-21-9-11-23(12-10-21)35-22-6-4-3-5-7-22/h3-14,16,18H,15,17H2,1-2H3,(H,32,33). The molecule has 7 nitrogen and oxygen atoms in total. The van der Waals surface area contributed by atoms with Crippen LogP contribution in [0.1, 0.15) is 34.6 Å². The summed E-state index contributed by atoms with van der Waals surface area (Å²) in [5.41, 5.74) is 1.11. The first-order valence-electron chi connectivity index (χ1n) is 11.2. The summed E-state index contributed by atoms with van der Waals surface area (Å²) in [7, 11) is 0. The molecular formula is C28H25NO6. The molecule has 35 heavy (non-hydrogen) atoms. The number of fused-ring (bicyclic) bond motifs is 1. The molecule has 0 bridgehead atoms. The molecule has 0 spiro atoms. The largest absolute Gasteiger partial charge is 0.486 e. The number of ketones is 2. The fourth-order valence-electron chi connectivity index (χ4n) is 3.70. The highest BCUT2D eigenvalue weighted by atomic mass is 16.5. The van der Waals surface area contributed by atoms with E-state index in [1.165, 1.54) is 12.1 Å². The molecule has 0 aliphatic carbocycles. The van der Waals surface area contributed by atoms with Crippen LogP contribution in [0.25, 0.3) is 10.9 Å². The molecule has 0 radical (unpaired) electrons. The highest BCUT2D eigenvalue weighted by Crippen LogP contribution is 2.26. The van der Waals surface area contributed by atoms with Crippen molar-refractivity contribution in [3.63, 3.8) is 0 Å². The summed E-state index contributed by atoms with van der Waals surface area (Å²) in [5, 5.41) is 9.85. The Kier molecular flexibility index (Phi) is 6.96. The van der Waals surface area contributed by atoms with Crippen molar-refractivity contribution in [1.82, 2.24) is 4.57 Å². The van der Waals surface area contributed by atoms with Gasteiger partial charge in [-0.2, -0.15) is 0 Å². The number of aromatic carboxylic acids is 1. The maximum atomic E-state index is 12.7. The molecule has 0 fully saturated rings. The van der Waals surface area contributed by atoms with Gasteiger partial charge in [-0.1, -0.05) is 32.0 Å². The summed E-state index contributed by atoms with van der Waals surface area (Å²) in [5.74, 6) is 0.244. The van der Waals surface area contributed by atoms with Crippen molar-refractivity contribution >= 4 is 28.4 Å². The van der Waals surface area contributed by atoms with Crippen LogP contribution >= 0.6 is 0 Å². The first-order chi connectivity index (χ1) is 16.8. The molecule has 178 valence electrons. The number of carboxylic acid groups (broad SMARTS) is 1. The molecule has 7 heteroatoms. The number of benzene rings is 3. The van der Waals surface area contributed by atoms with Crippen molar-refractivity contribution in [3.8, 4) is 17.2 Å². The second-order valence-corrected chi connectivity index (χ2v) is 8.44. The minimum atomic E-state index is -1.08. The highest BCUT2D eigenvalue weighted by Gasteiger charge is 2.20. The number of nitrogens with zero attached hydrogens (tertiary/aromatic N) is 1. The number of aromatic nitrogens is 1. The molecular weight excluding hydrogens is 446 g/mol. The van der Waals surface area contributed by atoms with E-state index < -0.39 is 5.97 Å². The lowest BCUT2D eigenvalue weighted by molar-refractivity contribution is -0.121. The summed E-state index contributed by atoms with van der Waals surface area (Å²) in [6.07, 6.45) is 1.62. The predicted octanol–water partition coefficient (Wildman–Crippen LogP) is 5.62. The Balaban J connectivity index is 1.45. The summed E-state index contributed by atoms with van der Waals surface area (Å²) in [6.45, 7) is 3.39. The van der Waals surface area contributed by atoms with Crippen LogP contribution in [-0.2, 0) is 11.3 Å². The molecule has 0 aliphatic heterocycles. The number of para-hydroxylation sites is 1. The van der Waals surface area contributed by atoms with E-state index >= 15 is 0 Å². The van der Waals surface area contributed by atoms with Crippen molar-refractivity contribution in [3.05, 3.63) is 90.1 Å². The number of hydrogen-bond acceptors (Lipinski definition) is 5. The average Bonchev–Trinajstić information content (AvgIpc) is 3.21. The van der Waals surface area contributed by atoms with Gasteiger partial charge in [-0.25, -0.2) is 4.79 Å². The molecule has 0 saturated heterocycles. The van der Waals surface area contributed by atoms with Crippen LogP contribution in [0.5, 0.6) is 17.2 Å². The normalized spacial score (nSPS) is 10.9. The summed E-state index contributed by atoms with van der Waals surface area (Å²) < 4.78 is 13.1. The molecule has 0 atom stereocenters. The van der Waals surface area contributed by atoms with E-state index in [9.17, 15) is 19.5 Å². The molecule has 4 aromatic rings. The Morgan fingerprint density at radius 1 is 0.886 bits per heavy atom. The van der Waals surface area contributed by atoms with Gasteiger partial charge in [0, 0.05) is 28.6 Å². The van der Waals surface area contributed by atoms with Crippen molar-refractivity contribution < 1.29 is 29.0 Å². The zero-order chi connectivity index (χ0) is 24.9. The van der Waals surface area contributed by atoms with Crippen LogP contribution in [0.15, 0.2) is 79.0 Å². The minimum Gasteiger partial charge on any atom is -0.486 e. The number of carbonyl (C=O) groups is 3. The molecule has 1 aromatic heterocycles. The van der Waals surface area contributed by atoms with Gasteiger partial charge in [0.05, 0.1) is 12.1 Å². The molecule has 1 heterocycles. The van der Waals surface area contributed by atoms with E-state index in [4.69, 9.17) is 9.47 Å². The monoisotopic (exact) mass is 471 g/mol. The van der Waals surface area contributed by atoms with Crippen LogP contribution in [0, 0.1) is 5.92 Å². The molecule has 3 aromatic carbocycles. The molecule has 1 N–H and O–H groups in total. The van der Waals surface area contributed by atoms with E-state index in [0.29, 0.717) is 28.0 Å². The number of hydrogen-bond donors (Lipinski definition) is 1. The molecule has 0 aliphatic rings. The quantitative estimate of drug-likeness (QED) is 0.302. The number of Topliss-reactive ketones (excluding diaryl/α,β-unsaturated/α-hetero) is 2. The Bertz CT molecular complexity index is 1370. The SMILES string of the molecule is CC(C)C(=O)c1cn(CC(=O)COc2ccc(Oc3ccccc3)cc2)c2ccc(C(=O)O)cc12. The van der Waals surface area contributed by atoms with Crippen molar-refractivity contribution in [2.45, 2.75) is 20.4 Å². The number of ether oxygens (including phenoxy) is 2. The van der Waals surface area contributed by atoms with Gasteiger partial charge in [0.15, 0.2) is 11.6 Å². The first kappa shape index (κ1) is 23.8. The lowest BCUT2D eigenvalue weighted by Crippen LogP contribution is -2.17. The third kappa shape index (κ3) is 5.58. The maximum absolute atomic E-state index is 12.7. The van der Waals surface area contributed by atoms with Crippen LogP contribution < -0.4 is 9.47 Å². The summed E-state index contributed by atoms with van der Waals surface area (Å²) in [4.78, 5) is 36.8. The van der Waals surface area contributed by atoms with E-state index in [-0.39, 0.29) is 36.2 Å². The third-order valence-electron chi connectivity index (χ3n) is 5.47. The summed E-state index contributed by atoms with van der Waals surface area (Å²) >= 11 is 0. The lowest BCUT2D eigenvalue weighted by Gasteiger charge is -2.09. The predicted molar refractivity (Wildman–Crippen MR) is 132 cm³/mol. The third-order valence-corrected chi connectivity index (χ3v) is 5.47. The first-order valence-corrected chi connectivity index (χ1v) is 11.2. The second kappa shape index (κ2) is 10.3. The Morgan fingerprint density at radius 2 is 1.54 bits per heavy atom. The Hall–Kier alpha value is -4.39. The van der Waals surface area contributed by atoms with Gasteiger partial charge in [0.2, 0.25) is 0 Å². The lowest BCUT2D eigenvalue weighted by atomic mass is 10.00. The smallest absolute Gasteiger partial charge is 0.335 e. The van der Waals surface area contributed by atoms with Gasteiger partial charge < -0.3 is 19.1 Å². The van der Waals surface area contributed by atoms with Gasteiger partial charge in [-0.15, -0.1) is 0 Å². The van der Waals surface area contributed by atoms with Crippen LogP contribution in [0.4, 0.5) is 0 Å². The van der Waals surface area contributed by atoms with Crippen molar-refractivity contribution in [2.75, 3.05) is 6.61 Å². The average molecular weight is 472 g/mol. The summed E-state index contributed by atoms with van der Waals surface area (Å²) in [6, 6.07) is 20.9. The van der Waals surface area contributed by atoms with Crippen LogP contribution in [0.2, 0.25) is 0 Å². The number of rotatable bonds is 10. The van der Waals surface area contributed by atoms with E-state index in [0.717, 1.165) is 5.75 Å². The zero-order valence-corrected chi connectivity index (χ0v) is 19.4. The van der Waals surface area contributed by atoms with Crippen molar-refractivity contribution in [1.29, 1.82) is 0 Å². The molecule has 4 rings (SSSR count). The van der Waals surface area contributed by atoms with E-state index in [2.05, 4.69) is 0 Å². The van der Waals surface area contributed by atoms with E-state index in [1.54, 1.807) is 54.9 Å². The van der Waals surface area contributed by atoms with Gasteiger partial charge in [0.1, 0.15) is 23.9 Å². The maximum Gasteiger partial charge on any atom is 0.335 e. The Labute approximate surface area is 202 Å². The zero-order valence-electron chi connectivity index (χ0n) is 19.4. The van der Waals surface area contributed by atoms with E-state index in [1.807, 2.05) is 30.3 Å². The van der Waals surface area contributed by atoms with Gasteiger partial charge in [-0.05, 0) is 54.6 Å². The molecule has 0 unspecified atom stereocenters. The van der Waals surface area contributed by atoms with Crippen LogP contribution in [0.3, 0.4) is 0 Å². The highest BCUT2D eigenvalue weighted by molar-refractivity contribution is 6.10. The number of carboxylic acids is 1. The topological polar surface area (TPSA) is 94.8 Å². The van der Waals surface area contributed by atoms with Gasteiger partial charge >= 0.3 is 5.97 Å². The second-order valence-electron chi connectivity index (χ2n) is 8.44.